The fraction of sp³-hybridized carbons (Fsp3) is 0.500. The first kappa shape index (κ1) is 17.4. The lowest BCUT2D eigenvalue weighted by molar-refractivity contribution is -0.141. The van der Waals surface area contributed by atoms with E-state index in [1.807, 2.05) is 0 Å². The number of nitrogens with one attached hydrogen (secondary N) is 1. The highest BCUT2D eigenvalue weighted by molar-refractivity contribution is 5.98. The zero-order valence-corrected chi connectivity index (χ0v) is 13.2. The molecule has 2 aliphatic heterocycles. The van der Waals surface area contributed by atoms with Crippen LogP contribution in [0.2, 0.25) is 0 Å². The molecule has 9 heteroatoms. The highest BCUT2D eigenvalue weighted by Crippen LogP contribution is 2.40. The van der Waals surface area contributed by atoms with Gasteiger partial charge < -0.3 is 4.90 Å². The highest BCUT2D eigenvalue weighted by Gasteiger charge is 2.43. The molecule has 0 atom stereocenters. The molecule has 1 spiro atoms. The molecule has 2 aliphatic rings. The molecule has 2 fully saturated rings. The second-order valence-corrected chi connectivity index (χ2v) is 6.52. The maximum absolute atomic E-state index is 12.7. The summed E-state index contributed by atoms with van der Waals surface area (Å²) < 4.78 is 38.2. The Morgan fingerprint density at radius 2 is 1.72 bits per heavy atom. The average Bonchev–Trinajstić information content (AvgIpc) is 2.53. The fourth-order valence-corrected chi connectivity index (χ4v) is 3.40. The maximum Gasteiger partial charge on any atom is 0.433 e. The van der Waals surface area contributed by atoms with Crippen LogP contribution in [0.25, 0.3) is 0 Å². The number of aromatic nitrogens is 1. The first-order valence-corrected chi connectivity index (χ1v) is 7.85. The van der Waals surface area contributed by atoms with Gasteiger partial charge in [-0.3, -0.25) is 19.7 Å². The van der Waals surface area contributed by atoms with Crippen molar-refractivity contribution in [2.45, 2.75) is 31.9 Å². The molecule has 0 bridgehead atoms. The third-order valence-corrected chi connectivity index (χ3v) is 4.72. The van der Waals surface area contributed by atoms with Gasteiger partial charge in [0.2, 0.25) is 11.8 Å². The molecule has 0 unspecified atom stereocenters. The zero-order chi connectivity index (χ0) is 18.2. The van der Waals surface area contributed by atoms with E-state index >= 15 is 0 Å². The highest BCUT2D eigenvalue weighted by atomic mass is 19.4. The molecule has 25 heavy (non-hydrogen) atoms. The molecule has 0 aromatic carbocycles. The Balaban J connectivity index is 1.70. The number of alkyl halides is 3. The number of amides is 3. The van der Waals surface area contributed by atoms with Gasteiger partial charge in [0.1, 0.15) is 11.4 Å². The first-order chi connectivity index (χ1) is 11.7. The van der Waals surface area contributed by atoms with E-state index in [-0.39, 0.29) is 43.4 Å². The summed E-state index contributed by atoms with van der Waals surface area (Å²) in [5, 5.41) is 2.26. The normalized spacial score (nSPS) is 20.5. The number of piperidine rings is 2. The standard InChI is InChI=1S/C16H16F3N3O3/c17-16(18,19)11-3-1-2-10(20-11)14(25)22-6-4-15(5-7-22)8-12(23)21-13(24)9-15/h1-3H,4-9H2,(H,21,23,24). The second-order valence-electron chi connectivity index (χ2n) is 6.52. The quantitative estimate of drug-likeness (QED) is 0.779. The summed E-state index contributed by atoms with van der Waals surface area (Å²) in [6.07, 6.45) is -3.25. The number of pyridine rings is 1. The van der Waals surface area contributed by atoms with Crippen molar-refractivity contribution in [1.82, 2.24) is 15.2 Å². The van der Waals surface area contributed by atoms with Crippen molar-refractivity contribution >= 4 is 17.7 Å². The van der Waals surface area contributed by atoms with Crippen LogP contribution in [-0.2, 0) is 15.8 Å². The number of imide groups is 1. The Morgan fingerprint density at radius 3 is 2.28 bits per heavy atom. The average molecular weight is 355 g/mol. The maximum atomic E-state index is 12.7. The van der Waals surface area contributed by atoms with Crippen LogP contribution in [0.15, 0.2) is 18.2 Å². The molecule has 3 rings (SSSR count). The van der Waals surface area contributed by atoms with Crippen molar-refractivity contribution in [2.75, 3.05) is 13.1 Å². The van der Waals surface area contributed by atoms with Gasteiger partial charge >= 0.3 is 6.18 Å². The molecular weight excluding hydrogens is 339 g/mol. The molecule has 0 aliphatic carbocycles. The lowest BCUT2D eigenvalue weighted by Gasteiger charge is -2.42. The Labute approximate surface area is 141 Å². The van der Waals surface area contributed by atoms with Crippen LogP contribution in [0, 0.1) is 5.41 Å². The van der Waals surface area contributed by atoms with Crippen molar-refractivity contribution in [2.24, 2.45) is 5.41 Å². The van der Waals surface area contributed by atoms with E-state index in [4.69, 9.17) is 0 Å². The predicted octanol–water partition coefficient (Wildman–Crippen LogP) is 1.76. The zero-order valence-electron chi connectivity index (χ0n) is 13.2. The molecule has 0 radical (unpaired) electrons. The summed E-state index contributed by atoms with van der Waals surface area (Å²) in [5.74, 6) is -1.22. The van der Waals surface area contributed by atoms with Gasteiger partial charge in [0, 0.05) is 25.9 Å². The summed E-state index contributed by atoms with van der Waals surface area (Å²) in [4.78, 5) is 40.4. The number of carbonyl (C=O) groups excluding carboxylic acids is 3. The van der Waals surface area contributed by atoms with E-state index in [0.717, 1.165) is 12.1 Å². The minimum absolute atomic E-state index is 0.225. The smallest absolute Gasteiger partial charge is 0.337 e. The van der Waals surface area contributed by atoms with Gasteiger partial charge in [0.15, 0.2) is 0 Å². The summed E-state index contributed by atoms with van der Waals surface area (Å²) in [6, 6.07) is 3.21. The van der Waals surface area contributed by atoms with Gasteiger partial charge in [-0.1, -0.05) is 6.07 Å². The monoisotopic (exact) mass is 355 g/mol. The topological polar surface area (TPSA) is 79.4 Å². The van der Waals surface area contributed by atoms with Gasteiger partial charge in [0.05, 0.1) is 0 Å². The third-order valence-electron chi connectivity index (χ3n) is 4.72. The van der Waals surface area contributed by atoms with Crippen molar-refractivity contribution in [3.63, 3.8) is 0 Å². The lowest BCUT2D eigenvalue weighted by Crippen LogP contribution is -2.51. The molecule has 0 saturated carbocycles. The molecule has 3 amide bonds. The molecule has 1 aromatic heterocycles. The summed E-state index contributed by atoms with van der Waals surface area (Å²) in [7, 11) is 0. The van der Waals surface area contributed by atoms with Crippen LogP contribution in [0.3, 0.4) is 0 Å². The van der Waals surface area contributed by atoms with Crippen molar-refractivity contribution < 1.29 is 27.6 Å². The van der Waals surface area contributed by atoms with Gasteiger partial charge in [-0.15, -0.1) is 0 Å². The van der Waals surface area contributed by atoms with Crippen molar-refractivity contribution in [3.8, 4) is 0 Å². The van der Waals surface area contributed by atoms with Crippen molar-refractivity contribution in [1.29, 1.82) is 0 Å². The number of rotatable bonds is 1. The van der Waals surface area contributed by atoms with E-state index in [9.17, 15) is 27.6 Å². The number of halogens is 3. The van der Waals surface area contributed by atoms with E-state index in [0.29, 0.717) is 12.8 Å². The van der Waals surface area contributed by atoms with Crippen LogP contribution in [0.5, 0.6) is 0 Å². The van der Waals surface area contributed by atoms with Crippen LogP contribution in [0.4, 0.5) is 13.2 Å². The van der Waals surface area contributed by atoms with Gasteiger partial charge in [-0.2, -0.15) is 13.2 Å². The van der Waals surface area contributed by atoms with Gasteiger partial charge in [-0.25, -0.2) is 4.98 Å². The number of carbonyl (C=O) groups is 3. The fourth-order valence-electron chi connectivity index (χ4n) is 3.40. The van der Waals surface area contributed by atoms with E-state index in [2.05, 4.69) is 10.3 Å². The summed E-state index contributed by atoms with van der Waals surface area (Å²) >= 11 is 0. The minimum atomic E-state index is -4.61. The number of hydrogen-bond acceptors (Lipinski definition) is 4. The Kier molecular flexibility index (Phi) is 4.26. The van der Waals surface area contributed by atoms with Gasteiger partial charge in [0.25, 0.3) is 5.91 Å². The van der Waals surface area contributed by atoms with Crippen LogP contribution in [-0.4, -0.2) is 40.7 Å². The van der Waals surface area contributed by atoms with E-state index in [1.54, 1.807) is 0 Å². The number of likely N-dealkylation sites (tertiary alicyclic amines) is 1. The molecule has 6 nitrogen and oxygen atoms in total. The molecule has 134 valence electrons. The van der Waals surface area contributed by atoms with Crippen LogP contribution < -0.4 is 5.32 Å². The predicted molar refractivity (Wildman–Crippen MR) is 79.2 cm³/mol. The largest absolute Gasteiger partial charge is 0.433 e. The van der Waals surface area contributed by atoms with Crippen LogP contribution in [0.1, 0.15) is 41.9 Å². The number of hydrogen-bond donors (Lipinski definition) is 1. The lowest BCUT2D eigenvalue weighted by atomic mass is 9.71. The molecule has 1 N–H and O–H groups in total. The van der Waals surface area contributed by atoms with E-state index < -0.39 is 23.2 Å². The molecular formula is C16H16F3N3O3. The van der Waals surface area contributed by atoms with E-state index in [1.165, 1.54) is 11.0 Å². The molecule has 2 saturated heterocycles. The minimum Gasteiger partial charge on any atom is -0.337 e. The second kappa shape index (κ2) is 6.12. The third kappa shape index (κ3) is 3.64. The Bertz CT molecular complexity index is 707. The Morgan fingerprint density at radius 1 is 1.12 bits per heavy atom. The summed E-state index contributed by atoms with van der Waals surface area (Å²) in [6.45, 7) is 0.550. The Hall–Kier alpha value is -2.45. The molecule has 3 heterocycles. The van der Waals surface area contributed by atoms with Gasteiger partial charge in [-0.05, 0) is 30.4 Å². The number of nitrogens with zero attached hydrogens (tertiary/aromatic N) is 2. The SMILES string of the molecule is O=C1CC2(CCN(C(=O)c3cccc(C(F)(F)F)n3)CC2)CC(=O)N1. The summed E-state index contributed by atoms with van der Waals surface area (Å²) in [5.41, 5.74) is -1.83. The molecule has 1 aromatic rings. The first-order valence-electron chi connectivity index (χ1n) is 7.85. The van der Waals surface area contributed by atoms with Crippen molar-refractivity contribution in [3.05, 3.63) is 29.6 Å². The van der Waals surface area contributed by atoms with Crippen LogP contribution >= 0.6 is 0 Å².